The minimum Gasteiger partial charge on any atom is -0.347 e. The lowest BCUT2D eigenvalue weighted by molar-refractivity contribution is 0.0958. The van der Waals surface area contributed by atoms with Gasteiger partial charge in [-0.2, -0.15) is 0 Å². The molecule has 1 aromatic heterocycles. The summed E-state index contributed by atoms with van der Waals surface area (Å²) in [6.07, 6.45) is 4.00. The molecule has 5 nitrogen and oxygen atoms in total. The van der Waals surface area contributed by atoms with Gasteiger partial charge >= 0.3 is 0 Å². The molecule has 1 aromatic carbocycles. The molecule has 142 valence electrons. The minimum absolute atomic E-state index is 0.210. The van der Waals surface area contributed by atoms with Crippen molar-refractivity contribution in [1.29, 1.82) is 5.41 Å². The molecule has 0 saturated carbocycles. The third-order valence-electron chi connectivity index (χ3n) is 3.16. The van der Waals surface area contributed by atoms with Crippen LogP contribution in [0.4, 0.5) is 0 Å². The molecule has 0 saturated heterocycles. The van der Waals surface area contributed by atoms with Gasteiger partial charge < -0.3 is 16.5 Å². The van der Waals surface area contributed by atoms with Gasteiger partial charge in [-0.15, -0.1) is 11.6 Å². The second kappa shape index (κ2) is 14.0. The Morgan fingerprint density at radius 1 is 1.12 bits per heavy atom. The number of benzene rings is 1. The van der Waals surface area contributed by atoms with Gasteiger partial charge in [-0.05, 0) is 43.1 Å². The molecule has 0 spiro atoms. The lowest BCUT2D eigenvalue weighted by Crippen LogP contribution is -2.28. The number of aromatic nitrogens is 1. The Balaban J connectivity index is 0.00000146. The Morgan fingerprint density at radius 3 is 2.23 bits per heavy atom. The summed E-state index contributed by atoms with van der Waals surface area (Å²) in [7, 11) is 1.50. The zero-order chi connectivity index (χ0) is 19.9. The van der Waals surface area contributed by atoms with Crippen molar-refractivity contribution < 1.29 is 4.79 Å². The van der Waals surface area contributed by atoms with E-state index in [1.54, 1.807) is 13.1 Å². The molecule has 0 atom stereocenters. The fraction of sp³-hybridized carbons (Fsp3) is 0.350. The quantitative estimate of drug-likeness (QED) is 0.529. The molecule has 0 aliphatic heterocycles. The second-order valence-electron chi connectivity index (χ2n) is 5.17. The first-order chi connectivity index (χ1) is 12.6. The first kappa shape index (κ1) is 23.8. The molecule has 6 heteroatoms. The summed E-state index contributed by atoms with van der Waals surface area (Å²) >= 11 is 5.78. The topological polar surface area (TPSA) is 91.9 Å². The number of pyridine rings is 1. The van der Waals surface area contributed by atoms with E-state index in [-0.39, 0.29) is 12.5 Å². The predicted molar refractivity (Wildman–Crippen MR) is 110 cm³/mol. The summed E-state index contributed by atoms with van der Waals surface area (Å²) < 4.78 is 0. The number of halogens is 1. The number of carbonyl (C=O) groups excluding carboxylic acids is 1. The van der Waals surface area contributed by atoms with E-state index in [0.717, 1.165) is 16.7 Å². The maximum Gasteiger partial charge on any atom is 0.253 e. The van der Waals surface area contributed by atoms with Crippen molar-refractivity contribution in [3.63, 3.8) is 0 Å². The van der Waals surface area contributed by atoms with Gasteiger partial charge in [-0.25, -0.2) is 0 Å². The third-order valence-corrected chi connectivity index (χ3v) is 3.47. The Bertz CT molecular complexity index is 672. The second-order valence-corrected chi connectivity index (χ2v) is 5.44. The van der Waals surface area contributed by atoms with Crippen molar-refractivity contribution >= 4 is 23.2 Å². The van der Waals surface area contributed by atoms with E-state index >= 15 is 0 Å². The normalized spacial score (nSPS) is 9.15. The molecule has 2 aromatic rings. The van der Waals surface area contributed by atoms with Gasteiger partial charge in [0, 0.05) is 24.0 Å². The third kappa shape index (κ3) is 8.74. The summed E-state index contributed by atoms with van der Waals surface area (Å²) in [6, 6.07) is 9.89. The molecule has 1 heterocycles. The molecule has 0 aliphatic carbocycles. The predicted octanol–water partition coefficient (Wildman–Crippen LogP) is 3.78. The highest BCUT2D eigenvalue weighted by atomic mass is 35.5. The molecule has 4 N–H and O–H groups in total. The minimum atomic E-state index is -0.210. The van der Waals surface area contributed by atoms with E-state index in [9.17, 15) is 4.79 Å². The van der Waals surface area contributed by atoms with E-state index in [2.05, 4.69) is 16.0 Å². The van der Waals surface area contributed by atoms with Crippen LogP contribution in [-0.4, -0.2) is 30.2 Å². The fourth-order valence-corrected chi connectivity index (χ4v) is 2.18. The molecule has 26 heavy (non-hydrogen) atoms. The molecule has 0 fully saturated rings. The molecule has 0 aliphatic rings. The lowest BCUT2D eigenvalue weighted by atomic mass is 10.0. The van der Waals surface area contributed by atoms with Crippen molar-refractivity contribution in [3.8, 4) is 0 Å². The number of amides is 1. The van der Waals surface area contributed by atoms with Gasteiger partial charge in [0.05, 0.1) is 12.1 Å². The zero-order valence-corrected chi connectivity index (χ0v) is 16.7. The first-order valence-electron chi connectivity index (χ1n) is 8.56. The van der Waals surface area contributed by atoms with Gasteiger partial charge in [-0.1, -0.05) is 38.1 Å². The molecular formula is C20H29ClN4O. The highest BCUT2D eigenvalue weighted by Crippen LogP contribution is 2.12. The highest BCUT2D eigenvalue weighted by molar-refractivity contribution is 6.17. The van der Waals surface area contributed by atoms with Crippen molar-refractivity contribution in [2.75, 3.05) is 13.6 Å². The smallest absolute Gasteiger partial charge is 0.253 e. The van der Waals surface area contributed by atoms with Crippen LogP contribution in [0.2, 0.25) is 0 Å². The van der Waals surface area contributed by atoms with Crippen LogP contribution in [0, 0.1) is 5.41 Å². The Kier molecular flexibility index (Phi) is 12.8. The van der Waals surface area contributed by atoms with Gasteiger partial charge in [0.15, 0.2) is 0 Å². The van der Waals surface area contributed by atoms with Crippen LogP contribution in [-0.2, 0) is 12.3 Å². The van der Waals surface area contributed by atoms with Crippen LogP contribution in [0.25, 0.3) is 0 Å². The van der Waals surface area contributed by atoms with E-state index in [1.807, 2.05) is 44.2 Å². The molecule has 0 unspecified atom stereocenters. The van der Waals surface area contributed by atoms with Gasteiger partial charge in [-0.3, -0.25) is 9.78 Å². The van der Waals surface area contributed by atoms with Crippen LogP contribution < -0.4 is 11.1 Å². The molecule has 2 rings (SSSR count). The summed E-state index contributed by atoms with van der Waals surface area (Å²) in [5, 5.41) is 10.0. The summed E-state index contributed by atoms with van der Waals surface area (Å²) in [6.45, 7) is 5.91. The number of hydrogen-bond donors (Lipinski definition) is 3. The van der Waals surface area contributed by atoms with Gasteiger partial charge in [0.1, 0.15) is 0 Å². The average Bonchev–Trinajstić information content (AvgIpc) is 2.70. The van der Waals surface area contributed by atoms with Crippen LogP contribution in [0.5, 0.6) is 0 Å². The Morgan fingerprint density at radius 2 is 1.69 bits per heavy atom. The van der Waals surface area contributed by atoms with Crippen molar-refractivity contribution in [2.45, 2.75) is 33.1 Å². The summed E-state index contributed by atoms with van der Waals surface area (Å²) in [5.74, 6) is 0.294. The Hall–Kier alpha value is -2.24. The monoisotopic (exact) mass is 376 g/mol. The number of hydrogen-bond acceptors (Lipinski definition) is 4. The molecule has 0 radical (unpaired) electrons. The number of nitrogens with two attached hydrogens (primary N) is 1. The fourth-order valence-electron chi connectivity index (χ4n) is 2.01. The van der Waals surface area contributed by atoms with Crippen molar-refractivity contribution in [1.82, 2.24) is 10.3 Å². The maximum atomic E-state index is 12.0. The van der Waals surface area contributed by atoms with E-state index < -0.39 is 0 Å². The largest absolute Gasteiger partial charge is 0.347 e. The molecule has 1 amide bonds. The molecular weight excluding hydrogens is 348 g/mol. The van der Waals surface area contributed by atoms with E-state index in [4.69, 9.17) is 17.0 Å². The standard InChI is InChI=1S/C17H18ClN3O.C2H6.CH5N/c1-12(19)9-21-17(22)16-7-15(10-20-11-16)6-13-2-4-14(8-18)5-3-13;2*1-2/h2-5,7,10-11,19H,6,8-9H2,1H3,(H,21,22);1-2H3;2H2,1H3. The van der Waals surface area contributed by atoms with Crippen LogP contribution in [0.3, 0.4) is 0 Å². The summed E-state index contributed by atoms with van der Waals surface area (Å²) in [4.78, 5) is 16.1. The number of rotatable bonds is 6. The Labute approximate surface area is 161 Å². The van der Waals surface area contributed by atoms with Crippen LogP contribution >= 0.6 is 11.6 Å². The van der Waals surface area contributed by atoms with Crippen molar-refractivity contribution in [3.05, 3.63) is 65.0 Å². The molecule has 0 bridgehead atoms. The summed E-state index contributed by atoms with van der Waals surface area (Å²) in [5.41, 5.74) is 8.62. The number of carbonyl (C=O) groups is 1. The van der Waals surface area contributed by atoms with Gasteiger partial charge in [0.2, 0.25) is 0 Å². The number of alkyl halides is 1. The SMILES string of the molecule is CC.CC(=N)CNC(=O)c1cncc(Cc2ccc(CCl)cc2)c1.CN. The number of nitrogens with zero attached hydrogens (tertiary/aromatic N) is 1. The van der Waals surface area contributed by atoms with Crippen molar-refractivity contribution in [2.24, 2.45) is 5.73 Å². The first-order valence-corrected chi connectivity index (χ1v) is 9.09. The zero-order valence-electron chi connectivity index (χ0n) is 16.0. The lowest BCUT2D eigenvalue weighted by Gasteiger charge is -2.06. The number of nitrogens with one attached hydrogen (secondary N) is 2. The van der Waals surface area contributed by atoms with Crippen LogP contribution in [0.1, 0.15) is 47.8 Å². The highest BCUT2D eigenvalue weighted by Gasteiger charge is 2.07. The van der Waals surface area contributed by atoms with Gasteiger partial charge in [0.25, 0.3) is 5.91 Å². The average molecular weight is 377 g/mol. The van der Waals surface area contributed by atoms with E-state index in [1.165, 1.54) is 13.2 Å². The van der Waals surface area contributed by atoms with E-state index in [0.29, 0.717) is 23.6 Å². The maximum absolute atomic E-state index is 12.0. The van der Waals surface area contributed by atoms with Crippen LogP contribution in [0.15, 0.2) is 42.7 Å².